The standard InChI is InChI=1S/C16H23N3O2/c1-16(5-3-2-4-6-16)10-18-12-8-13-14(7-11(12)17)21-9-15(20)19-13/h7-8,18H,2-6,9-10,17H2,1H3,(H,19,20). The second-order valence-corrected chi connectivity index (χ2v) is 6.50. The number of nitrogen functional groups attached to an aromatic ring is 1. The van der Waals surface area contributed by atoms with E-state index in [-0.39, 0.29) is 12.5 Å². The van der Waals surface area contributed by atoms with E-state index in [1.54, 1.807) is 6.07 Å². The summed E-state index contributed by atoms with van der Waals surface area (Å²) in [6.07, 6.45) is 6.47. The Bertz CT molecular complexity index is 551. The molecule has 5 nitrogen and oxygen atoms in total. The van der Waals surface area contributed by atoms with Gasteiger partial charge in [-0.2, -0.15) is 0 Å². The van der Waals surface area contributed by atoms with Gasteiger partial charge in [-0.15, -0.1) is 0 Å². The molecule has 2 aliphatic rings. The number of nitrogens with two attached hydrogens (primary N) is 1. The Hall–Kier alpha value is -1.91. The van der Waals surface area contributed by atoms with Gasteiger partial charge in [0, 0.05) is 12.6 Å². The number of hydrogen-bond donors (Lipinski definition) is 3. The first-order valence-electron chi connectivity index (χ1n) is 7.66. The van der Waals surface area contributed by atoms with Crippen molar-refractivity contribution in [3.05, 3.63) is 12.1 Å². The highest BCUT2D eigenvalue weighted by Gasteiger charge is 2.27. The van der Waals surface area contributed by atoms with Gasteiger partial charge in [0.15, 0.2) is 6.61 Å². The Balaban J connectivity index is 1.73. The normalized spacial score (nSPS) is 20.1. The Morgan fingerprint density at radius 3 is 2.86 bits per heavy atom. The van der Waals surface area contributed by atoms with E-state index < -0.39 is 0 Å². The summed E-state index contributed by atoms with van der Waals surface area (Å²) in [7, 11) is 0. The molecule has 0 aromatic heterocycles. The minimum absolute atomic E-state index is 0.0529. The van der Waals surface area contributed by atoms with Crippen molar-refractivity contribution in [1.82, 2.24) is 0 Å². The molecule has 0 atom stereocenters. The van der Waals surface area contributed by atoms with Crippen molar-refractivity contribution in [2.24, 2.45) is 5.41 Å². The fraction of sp³-hybridized carbons (Fsp3) is 0.562. The van der Waals surface area contributed by atoms with Crippen LogP contribution in [0.2, 0.25) is 0 Å². The van der Waals surface area contributed by atoms with E-state index in [2.05, 4.69) is 17.6 Å². The number of anilines is 3. The average molecular weight is 289 g/mol. The summed E-state index contributed by atoms with van der Waals surface area (Å²) in [4.78, 5) is 11.4. The second-order valence-electron chi connectivity index (χ2n) is 6.50. The molecule has 0 saturated heterocycles. The van der Waals surface area contributed by atoms with Gasteiger partial charge in [0.25, 0.3) is 5.91 Å². The van der Waals surface area contributed by atoms with Gasteiger partial charge < -0.3 is 21.1 Å². The highest BCUT2D eigenvalue weighted by Crippen LogP contribution is 2.38. The third-order valence-electron chi connectivity index (χ3n) is 4.55. The third kappa shape index (κ3) is 3.06. The summed E-state index contributed by atoms with van der Waals surface area (Å²) < 4.78 is 5.37. The molecular formula is C16H23N3O2. The first-order chi connectivity index (χ1) is 10.1. The smallest absolute Gasteiger partial charge is 0.262 e. The number of nitrogens with one attached hydrogen (secondary N) is 2. The molecule has 0 spiro atoms. The van der Waals surface area contributed by atoms with E-state index >= 15 is 0 Å². The average Bonchev–Trinajstić information content (AvgIpc) is 2.46. The number of benzene rings is 1. The lowest BCUT2D eigenvalue weighted by Crippen LogP contribution is -2.29. The molecule has 0 bridgehead atoms. The molecule has 114 valence electrons. The summed E-state index contributed by atoms with van der Waals surface area (Å²) in [5.41, 5.74) is 8.63. The molecule has 1 saturated carbocycles. The zero-order valence-corrected chi connectivity index (χ0v) is 12.5. The van der Waals surface area contributed by atoms with Gasteiger partial charge in [0.2, 0.25) is 0 Å². The summed E-state index contributed by atoms with van der Waals surface area (Å²) >= 11 is 0. The van der Waals surface area contributed by atoms with Gasteiger partial charge in [0.1, 0.15) is 5.75 Å². The van der Waals surface area contributed by atoms with E-state index in [1.165, 1.54) is 32.1 Å². The van der Waals surface area contributed by atoms with E-state index in [0.717, 1.165) is 12.2 Å². The highest BCUT2D eigenvalue weighted by molar-refractivity contribution is 5.97. The van der Waals surface area contributed by atoms with E-state index in [4.69, 9.17) is 10.5 Å². The Kier molecular flexibility index (Phi) is 3.66. The van der Waals surface area contributed by atoms with Crippen molar-refractivity contribution >= 4 is 23.0 Å². The molecule has 1 amide bonds. The van der Waals surface area contributed by atoms with Gasteiger partial charge in [-0.25, -0.2) is 0 Å². The fourth-order valence-electron chi connectivity index (χ4n) is 3.19. The van der Waals surface area contributed by atoms with Gasteiger partial charge >= 0.3 is 0 Å². The Morgan fingerprint density at radius 1 is 1.33 bits per heavy atom. The van der Waals surface area contributed by atoms with Gasteiger partial charge in [-0.1, -0.05) is 26.2 Å². The molecule has 0 unspecified atom stereocenters. The number of rotatable bonds is 3. The van der Waals surface area contributed by atoms with Crippen molar-refractivity contribution in [1.29, 1.82) is 0 Å². The van der Waals surface area contributed by atoms with Crippen LogP contribution in [0, 0.1) is 5.41 Å². The molecule has 1 aromatic rings. The maximum absolute atomic E-state index is 11.4. The molecule has 1 aliphatic carbocycles. The Labute approximate surface area is 125 Å². The minimum atomic E-state index is -0.127. The van der Waals surface area contributed by atoms with Crippen molar-refractivity contribution in [3.63, 3.8) is 0 Å². The van der Waals surface area contributed by atoms with Crippen LogP contribution in [0.3, 0.4) is 0 Å². The van der Waals surface area contributed by atoms with Crippen LogP contribution < -0.4 is 21.1 Å². The zero-order chi connectivity index (χ0) is 14.9. The molecule has 1 aromatic carbocycles. The van der Waals surface area contributed by atoms with Crippen molar-refractivity contribution < 1.29 is 9.53 Å². The number of amides is 1. The fourth-order valence-corrected chi connectivity index (χ4v) is 3.19. The SMILES string of the molecule is CC1(CNc2cc3c(cc2N)OCC(=O)N3)CCCCC1. The third-order valence-corrected chi connectivity index (χ3v) is 4.55. The van der Waals surface area contributed by atoms with Crippen LogP contribution in [0.25, 0.3) is 0 Å². The largest absolute Gasteiger partial charge is 0.482 e. The highest BCUT2D eigenvalue weighted by atomic mass is 16.5. The lowest BCUT2D eigenvalue weighted by molar-refractivity contribution is -0.118. The van der Waals surface area contributed by atoms with Crippen LogP contribution in [0.5, 0.6) is 5.75 Å². The summed E-state index contributed by atoms with van der Waals surface area (Å²) in [5.74, 6) is 0.513. The summed E-state index contributed by atoms with van der Waals surface area (Å²) in [6.45, 7) is 3.29. The minimum Gasteiger partial charge on any atom is -0.482 e. The summed E-state index contributed by atoms with van der Waals surface area (Å²) in [6, 6.07) is 3.65. The monoisotopic (exact) mass is 289 g/mol. The lowest BCUT2D eigenvalue weighted by atomic mass is 9.75. The maximum Gasteiger partial charge on any atom is 0.262 e. The molecule has 21 heavy (non-hydrogen) atoms. The first-order valence-corrected chi connectivity index (χ1v) is 7.66. The number of fused-ring (bicyclic) bond motifs is 1. The van der Waals surface area contributed by atoms with Gasteiger partial charge in [0.05, 0.1) is 17.1 Å². The Morgan fingerprint density at radius 2 is 2.10 bits per heavy atom. The molecular weight excluding hydrogens is 266 g/mol. The van der Waals surface area contributed by atoms with Crippen LogP contribution in [-0.4, -0.2) is 19.1 Å². The number of carbonyl (C=O) groups is 1. The lowest BCUT2D eigenvalue weighted by Gasteiger charge is -2.34. The topological polar surface area (TPSA) is 76.4 Å². The predicted octanol–water partition coefficient (Wildman–Crippen LogP) is 2.98. The second kappa shape index (κ2) is 5.47. The number of hydrogen-bond acceptors (Lipinski definition) is 4. The quantitative estimate of drug-likeness (QED) is 0.748. The van der Waals surface area contributed by atoms with Gasteiger partial charge in [-0.3, -0.25) is 4.79 Å². The van der Waals surface area contributed by atoms with Crippen LogP contribution in [-0.2, 0) is 4.79 Å². The maximum atomic E-state index is 11.4. The van der Waals surface area contributed by atoms with Crippen LogP contribution >= 0.6 is 0 Å². The molecule has 5 heteroatoms. The number of ether oxygens (including phenoxy) is 1. The van der Waals surface area contributed by atoms with Crippen molar-refractivity contribution in [2.45, 2.75) is 39.0 Å². The van der Waals surface area contributed by atoms with Crippen molar-refractivity contribution in [3.8, 4) is 5.75 Å². The van der Waals surface area contributed by atoms with E-state index in [1.807, 2.05) is 6.07 Å². The first kappa shape index (κ1) is 14.0. The van der Waals surface area contributed by atoms with Crippen LogP contribution in [0.1, 0.15) is 39.0 Å². The molecule has 1 aliphatic heterocycles. The molecule has 1 fully saturated rings. The molecule has 0 radical (unpaired) electrons. The predicted molar refractivity (Wildman–Crippen MR) is 84.7 cm³/mol. The molecule has 3 rings (SSSR count). The van der Waals surface area contributed by atoms with E-state index in [9.17, 15) is 4.79 Å². The molecule has 1 heterocycles. The van der Waals surface area contributed by atoms with Crippen LogP contribution in [0.4, 0.5) is 17.1 Å². The van der Waals surface area contributed by atoms with Gasteiger partial charge in [-0.05, 0) is 24.3 Å². The number of carbonyl (C=O) groups excluding carboxylic acids is 1. The van der Waals surface area contributed by atoms with Crippen molar-refractivity contribution in [2.75, 3.05) is 29.5 Å². The molecule has 4 N–H and O–H groups in total. The van der Waals surface area contributed by atoms with E-state index in [0.29, 0.717) is 22.5 Å². The summed E-state index contributed by atoms with van der Waals surface area (Å²) in [5, 5.41) is 6.27. The van der Waals surface area contributed by atoms with Crippen LogP contribution in [0.15, 0.2) is 12.1 Å². The zero-order valence-electron chi connectivity index (χ0n) is 12.5.